The highest BCUT2D eigenvalue weighted by molar-refractivity contribution is 6.04. The Kier molecular flexibility index (Phi) is 6.16. The van der Waals surface area contributed by atoms with Gasteiger partial charge in [-0.2, -0.15) is 13.2 Å². The molecule has 0 spiro atoms. The first-order valence-corrected chi connectivity index (χ1v) is 7.73. The van der Waals surface area contributed by atoms with E-state index in [4.69, 9.17) is 4.74 Å². The van der Waals surface area contributed by atoms with Crippen molar-refractivity contribution in [2.75, 3.05) is 11.9 Å². The molecule has 0 saturated carbocycles. The lowest BCUT2D eigenvalue weighted by molar-refractivity contribution is -0.138. The van der Waals surface area contributed by atoms with Crippen molar-refractivity contribution in [3.63, 3.8) is 0 Å². The second-order valence-corrected chi connectivity index (χ2v) is 5.24. The summed E-state index contributed by atoms with van der Waals surface area (Å²) in [5.41, 5.74) is 0.504. The van der Waals surface area contributed by atoms with E-state index in [2.05, 4.69) is 5.32 Å². The van der Waals surface area contributed by atoms with Crippen LogP contribution in [0.15, 0.2) is 54.6 Å². The molecular weight excluding hydrogens is 347 g/mol. The zero-order chi connectivity index (χ0) is 19.2. The summed E-state index contributed by atoms with van der Waals surface area (Å²) in [7, 11) is 0. The molecule has 0 atom stereocenters. The Bertz CT molecular complexity index is 794. The highest BCUT2D eigenvalue weighted by atomic mass is 19.4. The lowest BCUT2D eigenvalue weighted by atomic mass is 10.1. The van der Waals surface area contributed by atoms with E-state index in [-0.39, 0.29) is 12.2 Å². The van der Waals surface area contributed by atoms with Gasteiger partial charge in [0.2, 0.25) is 0 Å². The monoisotopic (exact) mass is 363 g/mol. The Balaban J connectivity index is 2.00. The first-order chi connectivity index (χ1) is 12.3. The standard InChI is InChI=1S/C19H16F3NO3/c1-2-26-17(24)12-5-13-3-10-16(11-4-13)23-18(25)14-6-8-15(9-7-14)19(20,21)22/h3-12H,2H2,1H3,(H,23,25)/b12-5+. The van der Waals surface area contributed by atoms with Crippen LogP contribution in [0, 0.1) is 0 Å². The van der Waals surface area contributed by atoms with E-state index < -0.39 is 23.6 Å². The summed E-state index contributed by atoms with van der Waals surface area (Å²) in [5, 5.41) is 2.59. The number of ether oxygens (including phenoxy) is 1. The molecular formula is C19H16F3NO3. The molecule has 2 aromatic carbocycles. The minimum atomic E-state index is -4.44. The molecule has 0 aliphatic carbocycles. The highest BCUT2D eigenvalue weighted by Gasteiger charge is 2.30. The van der Waals surface area contributed by atoms with Crippen LogP contribution in [0.1, 0.15) is 28.4 Å². The summed E-state index contributed by atoms with van der Waals surface area (Å²) in [6.45, 7) is 2.00. The maximum atomic E-state index is 12.5. The van der Waals surface area contributed by atoms with Crippen LogP contribution >= 0.6 is 0 Å². The highest BCUT2D eigenvalue weighted by Crippen LogP contribution is 2.29. The first kappa shape index (κ1) is 19.2. The van der Waals surface area contributed by atoms with E-state index in [1.54, 1.807) is 37.3 Å². The molecule has 1 amide bonds. The van der Waals surface area contributed by atoms with Gasteiger partial charge in [-0.25, -0.2) is 4.79 Å². The molecule has 0 aromatic heterocycles. The molecule has 0 aliphatic heterocycles. The van der Waals surface area contributed by atoms with Gasteiger partial charge in [-0.1, -0.05) is 12.1 Å². The molecule has 0 bridgehead atoms. The maximum absolute atomic E-state index is 12.5. The Hall–Kier alpha value is -3.09. The van der Waals surface area contributed by atoms with Gasteiger partial charge in [-0.3, -0.25) is 4.79 Å². The van der Waals surface area contributed by atoms with E-state index in [1.807, 2.05) is 0 Å². The number of alkyl halides is 3. The van der Waals surface area contributed by atoms with Crippen LogP contribution < -0.4 is 5.32 Å². The predicted octanol–water partition coefficient (Wildman–Crippen LogP) is 4.53. The third-order valence-corrected chi connectivity index (χ3v) is 3.34. The summed E-state index contributed by atoms with van der Waals surface area (Å²) in [5.74, 6) is -0.972. The molecule has 26 heavy (non-hydrogen) atoms. The molecule has 1 N–H and O–H groups in total. The van der Waals surface area contributed by atoms with Crippen LogP contribution in [0.25, 0.3) is 6.08 Å². The average Bonchev–Trinajstić information content (AvgIpc) is 2.61. The Morgan fingerprint density at radius 3 is 2.19 bits per heavy atom. The summed E-state index contributed by atoms with van der Waals surface area (Å²) in [4.78, 5) is 23.3. The fourth-order valence-electron chi connectivity index (χ4n) is 2.05. The van der Waals surface area contributed by atoms with E-state index >= 15 is 0 Å². The number of nitrogens with one attached hydrogen (secondary N) is 1. The van der Waals surface area contributed by atoms with Crippen LogP contribution in [-0.4, -0.2) is 18.5 Å². The number of halogens is 3. The molecule has 0 saturated heterocycles. The maximum Gasteiger partial charge on any atom is 0.416 e. The van der Waals surface area contributed by atoms with E-state index in [0.717, 1.165) is 29.8 Å². The van der Waals surface area contributed by atoms with Gasteiger partial charge >= 0.3 is 12.1 Å². The lowest BCUT2D eigenvalue weighted by Gasteiger charge is -2.08. The number of hydrogen-bond acceptors (Lipinski definition) is 3. The largest absolute Gasteiger partial charge is 0.463 e. The molecule has 0 unspecified atom stereocenters. The van der Waals surface area contributed by atoms with Crippen molar-refractivity contribution >= 4 is 23.6 Å². The number of esters is 1. The third-order valence-electron chi connectivity index (χ3n) is 3.34. The Morgan fingerprint density at radius 1 is 1.04 bits per heavy atom. The SMILES string of the molecule is CCOC(=O)/C=C/c1ccc(NC(=O)c2ccc(C(F)(F)F)cc2)cc1. The summed E-state index contributed by atoms with van der Waals surface area (Å²) < 4.78 is 42.3. The second kappa shape index (κ2) is 8.33. The fraction of sp³-hybridized carbons (Fsp3) is 0.158. The molecule has 136 valence electrons. The van der Waals surface area contributed by atoms with Gasteiger partial charge < -0.3 is 10.1 Å². The molecule has 0 fully saturated rings. The van der Waals surface area contributed by atoms with Gasteiger partial charge in [0.05, 0.1) is 12.2 Å². The minimum Gasteiger partial charge on any atom is -0.463 e. The number of hydrogen-bond donors (Lipinski definition) is 1. The van der Waals surface area contributed by atoms with Crippen LogP contribution in [0.2, 0.25) is 0 Å². The summed E-state index contributed by atoms with van der Waals surface area (Å²) in [6, 6.07) is 10.6. The quantitative estimate of drug-likeness (QED) is 0.627. The molecule has 4 nitrogen and oxygen atoms in total. The zero-order valence-corrected chi connectivity index (χ0v) is 13.8. The zero-order valence-electron chi connectivity index (χ0n) is 13.8. The van der Waals surface area contributed by atoms with Gasteiger partial charge in [0.15, 0.2) is 0 Å². The number of rotatable bonds is 5. The van der Waals surface area contributed by atoms with Gasteiger partial charge in [0, 0.05) is 17.3 Å². The average molecular weight is 363 g/mol. The topological polar surface area (TPSA) is 55.4 Å². The van der Waals surface area contributed by atoms with Crippen molar-refractivity contribution in [3.8, 4) is 0 Å². The van der Waals surface area contributed by atoms with E-state index in [0.29, 0.717) is 5.69 Å². The summed E-state index contributed by atoms with van der Waals surface area (Å²) >= 11 is 0. The van der Waals surface area contributed by atoms with Crippen LogP contribution in [-0.2, 0) is 15.7 Å². The van der Waals surface area contributed by atoms with Crippen molar-refractivity contribution in [3.05, 3.63) is 71.3 Å². The lowest BCUT2D eigenvalue weighted by Crippen LogP contribution is -2.12. The molecule has 0 heterocycles. The summed E-state index contributed by atoms with van der Waals surface area (Å²) in [6.07, 6.45) is -1.58. The molecule has 0 aliphatic rings. The number of amides is 1. The van der Waals surface area contributed by atoms with Crippen molar-refractivity contribution in [2.45, 2.75) is 13.1 Å². The third kappa shape index (κ3) is 5.47. The van der Waals surface area contributed by atoms with E-state index in [9.17, 15) is 22.8 Å². The minimum absolute atomic E-state index is 0.115. The smallest absolute Gasteiger partial charge is 0.416 e. The van der Waals surface area contributed by atoms with Crippen LogP contribution in [0.4, 0.5) is 18.9 Å². The Morgan fingerprint density at radius 2 is 1.65 bits per heavy atom. The van der Waals surface area contributed by atoms with Gasteiger partial charge in [-0.15, -0.1) is 0 Å². The fourth-order valence-corrected chi connectivity index (χ4v) is 2.05. The van der Waals surface area contributed by atoms with Crippen molar-refractivity contribution in [2.24, 2.45) is 0 Å². The second-order valence-electron chi connectivity index (χ2n) is 5.24. The van der Waals surface area contributed by atoms with Crippen molar-refractivity contribution < 1.29 is 27.5 Å². The molecule has 0 radical (unpaired) electrons. The predicted molar refractivity (Wildman–Crippen MR) is 91.5 cm³/mol. The van der Waals surface area contributed by atoms with Gasteiger partial charge in [0.1, 0.15) is 0 Å². The molecule has 2 aromatic rings. The molecule has 2 rings (SSSR count). The van der Waals surface area contributed by atoms with Crippen LogP contribution in [0.3, 0.4) is 0 Å². The normalized spacial score (nSPS) is 11.4. The Labute approximate surface area is 148 Å². The number of benzene rings is 2. The van der Waals surface area contributed by atoms with Crippen molar-refractivity contribution in [1.29, 1.82) is 0 Å². The van der Waals surface area contributed by atoms with Gasteiger partial charge in [0.25, 0.3) is 5.91 Å². The first-order valence-electron chi connectivity index (χ1n) is 7.73. The number of carbonyl (C=O) groups is 2. The van der Waals surface area contributed by atoms with E-state index in [1.165, 1.54) is 6.08 Å². The number of anilines is 1. The number of carbonyl (C=O) groups excluding carboxylic acids is 2. The van der Waals surface area contributed by atoms with Crippen molar-refractivity contribution in [1.82, 2.24) is 0 Å². The van der Waals surface area contributed by atoms with Crippen LogP contribution in [0.5, 0.6) is 0 Å². The molecule has 7 heteroatoms. The van der Waals surface area contributed by atoms with Gasteiger partial charge in [-0.05, 0) is 55.0 Å².